The molecule has 4 rings (SSSR count). The second-order valence-electron chi connectivity index (χ2n) is 8.75. The summed E-state index contributed by atoms with van der Waals surface area (Å²) in [6, 6.07) is 8.25. The highest BCUT2D eigenvalue weighted by Gasteiger charge is 2.32. The Labute approximate surface area is 182 Å². The molecule has 0 unspecified atom stereocenters. The molecule has 0 radical (unpaired) electrons. The van der Waals surface area contributed by atoms with Gasteiger partial charge < -0.3 is 4.74 Å². The fraction of sp³-hybridized carbons (Fsp3) is 0.348. The van der Waals surface area contributed by atoms with Crippen LogP contribution in [0.3, 0.4) is 0 Å². The highest BCUT2D eigenvalue weighted by atomic mass is 19.4. The smallest absolute Gasteiger partial charge is 0.416 e. The standard InChI is InChI=1S/C23H22F3N3O3/c1-22(2,3)32-21(31)28-12-17-16-5-4-10-27-19(16)29(20(30)18(17)13-28)11-14-6-8-15(9-7-14)23(24,25)26/h4-10H,11-13H2,1-3H3. The maximum atomic E-state index is 13.3. The number of pyridine rings is 2. The molecule has 168 valence electrons. The van der Waals surface area contributed by atoms with Gasteiger partial charge in [0, 0.05) is 17.1 Å². The molecule has 1 aliphatic rings. The van der Waals surface area contributed by atoms with E-state index >= 15 is 0 Å². The van der Waals surface area contributed by atoms with Gasteiger partial charge in [0.25, 0.3) is 5.56 Å². The normalized spacial score (nSPS) is 14.0. The molecule has 0 N–H and O–H groups in total. The van der Waals surface area contributed by atoms with Crippen molar-refractivity contribution in [1.29, 1.82) is 0 Å². The summed E-state index contributed by atoms with van der Waals surface area (Å²) in [7, 11) is 0. The lowest BCUT2D eigenvalue weighted by Gasteiger charge is -2.24. The number of aromatic nitrogens is 2. The van der Waals surface area contributed by atoms with Gasteiger partial charge in [-0.3, -0.25) is 14.3 Å². The Hall–Kier alpha value is -3.36. The number of halogens is 3. The number of alkyl halides is 3. The fourth-order valence-electron chi connectivity index (χ4n) is 3.76. The first-order valence-electron chi connectivity index (χ1n) is 10.1. The number of carbonyl (C=O) groups excluding carboxylic acids is 1. The van der Waals surface area contributed by atoms with Gasteiger partial charge in [0.2, 0.25) is 0 Å². The first-order chi connectivity index (χ1) is 14.9. The largest absolute Gasteiger partial charge is 0.444 e. The third-order valence-electron chi connectivity index (χ3n) is 5.21. The van der Waals surface area contributed by atoms with Gasteiger partial charge in [-0.05, 0) is 56.2 Å². The predicted molar refractivity (Wildman–Crippen MR) is 112 cm³/mol. The van der Waals surface area contributed by atoms with Gasteiger partial charge in [-0.25, -0.2) is 9.78 Å². The van der Waals surface area contributed by atoms with Crippen molar-refractivity contribution in [1.82, 2.24) is 14.5 Å². The number of rotatable bonds is 2. The summed E-state index contributed by atoms with van der Waals surface area (Å²) < 4.78 is 45.5. The quantitative estimate of drug-likeness (QED) is 0.573. The molecule has 0 spiro atoms. The van der Waals surface area contributed by atoms with Gasteiger partial charge in [0.05, 0.1) is 25.2 Å². The number of benzene rings is 1. The summed E-state index contributed by atoms with van der Waals surface area (Å²) in [4.78, 5) is 31.7. The van der Waals surface area contributed by atoms with Crippen molar-refractivity contribution in [2.24, 2.45) is 0 Å². The second kappa shape index (κ2) is 7.65. The summed E-state index contributed by atoms with van der Waals surface area (Å²) in [6.45, 7) is 5.69. The Kier molecular flexibility index (Phi) is 5.22. The van der Waals surface area contributed by atoms with Gasteiger partial charge in [0.1, 0.15) is 11.2 Å². The van der Waals surface area contributed by atoms with Gasteiger partial charge in [-0.2, -0.15) is 13.2 Å². The molecule has 1 aliphatic heterocycles. The lowest BCUT2D eigenvalue weighted by molar-refractivity contribution is -0.137. The molecule has 9 heteroatoms. The van der Waals surface area contributed by atoms with Crippen LogP contribution in [0.15, 0.2) is 47.4 Å². The van der Waals surface area contributed by atoms with E-state index in [9.17, 15) is 22.8 Å². The zero-order valence-electron chi connectivity index (χ0n) is 17.9. The number of carbonyl (C=O) groups is 1. The van der Waals surface area contributed by atoms with Crippen molar-refractivity contribution in [3.05, 3.63) is 75.2 Å². The SMILES string of the molecule is CC(C)(C)OC(=O)N1Cc2c(c3cccnc3n(Cc3ccc(C(F)(F)F)cc3)c2=O)C1. The minimum Gasteiger partial charge on any atom is -0.444 e. The number of ether oxygens (including phenoxy) is 1. The van der Waals surface area contributed by atoms with Crippen molar-refractivity contribution < 1.29 is 22.7 Å². The monoisotopic (exact) mass is 445 g/mol. The van der Waals surface area contributed by atoms with E-state index in [0.717, 1.165) is 17.5 Å². The Bertz CT molecular complexity index is 1240. The Balaban J connectivity index is 1.73. The molecule has 1 amide bonds. The number of hydrogen-bond acceptors (Lipinski definition) is 4. The highest BCUT2D eigenvalue weighted by Crippen LogP contribution is 2.30. The van der Waals surface area contributed by atoms with Crippen molar-refractivity contribution in [2.45, 2.75) is 52.2 Å². The molecule has 0 fully saturated rings. The van der Waals surface area contributed by atoms with E-state index in [-0.39, 0.29) is 25.2 Å². The third kappa shape index (κ3) is 4.19. The summed E-state index contributed by atoms with van der Waals surface area (Å²) >= 11 is 0. The van der Waals surface area contributed by atoms with E-state index in [1.54, 1.807) is 33.0 Å². The van der Waals surface area contributed by atoms with Crippen LogP contribution in [0.5, 0.6) is 0 Å². The van der Waals surface area contributed by atoms with Crippen LogP contribution >= 0.6 is 0 Å². The topological polar surface area (TPSA) is 64.4 Å². The summed E-state index contributed by atoms with van der Waals surface area (Å²) in [6.07, 6.45) is -3.39. The fourth-order valence-corrected chi connectivity index (χ4v) is 3.76. The van der Waals surface area contributed by atoms with Crippen molar-refractivity contribution in [2.75, 3.05) is 0 Å². The Morgan fingerprint density at radius 3 is 2.34 bits per heavy atom. The van der Waals surface area contributed by atoms with Crippen LogP contribution in [-0.4, -0.2) is 26.1 Å². The summed E-state index contributed by atoms with van der Waals surface area (Å²) in [5.74, 6) is 0. The van der Waals surface area contributed by atoms with Crippen molar-refractivity contribution >= 4 is 17.1 Å². The lowest BCUT2D eigenvalue weighted by Crippen LogP contribution is -2.34. The van der Waals surface area contributed by atoms with Crippen LogP contribution < -0.4 is 5.56 Å². The molecular formula is C23H22F3N3O3. The van der Waals surface area contributed by atoms with E-state index in [1.165, 1.54) is 21.6 Å². The Morgan fingerprint density at radius 2 is 1.72 bits per heavy atom. The third-order valence-corrected chi connectivity index (χ3v) is 5.21. The number of hydrogen-bond donors (Lipinski definition) is 0. The van der Waals surface area contributed by atoms with Gasteiger partial charge in [-0.1, -0.05) is 12.1 Å². The number of fused-ring (bicyclic) bond motifs is 3. The van der Waals surface area contributed by atoms with Crippen LogP contribution in [0.25, 0.3) is 11.0 Å². The van der Waals surface area contributed by atoms with Crippen LogP contribution in [0.4, 0.5) is 18.0 Å². The molecule has 3 heterocycles. The molecule has 1 aromatic carbocycles. The first-order valence-corrected chi connectivity index (χ1v) is 10.1. The molecule has 0 atom stereocenters. The van der Waals surface area contributed by atoms with E-state index in [0.29, 0.717) is 22.3 Å². The average molecular weight is 445 g/mol. The average Bonchev–Trinajstić information content (AvgIpc) is 3.16. The molecule has 32 heavy (non-hydrogen) atoms. The summed E-state index contributed by atoms with van der Waals surface area (Å²) in [5, 5.41) is 0.722. The first kappa shape index (κ1) is 21.9. The van der Waals surface area contributed by atoms with E-state index < -0.39 is 23.4 Å². The molecule has 6 nitrogen and oxygen atoms in total. The van der Waals surface area contributed by atoms with E-state index in [2.05, 4.69) is 4.98 Å². The van der Waals surface area contributed by atoms with E-state index in [1.807, 2.05) is 6.07 Å². The van der Waals surface area contributed by atoms with Crippen LogP contribution in [0.1, 0.15) is 43.0 Å². The molecule has 3 aromatic rings. The van der Waals surface area contributed by atoms with Crippen LogP contribution in [0, 0.1) is 0 Å². The van der Waals surface area contributed by atoms with Crippen molar-refractivity contribution in [3.8, 4) is 0 Å². The predicted octanol–water partition coefficient (Wildman–Crippen LogP) is 4.71. The molecule has 0 saturated carbocycles. The zero-order valence-corrected chi connectivity index (χ0v) is 17.9. The lowest BCUT2D eigenvalue weighted by atomic mass is 10.1. The number of nitrogens with zero attached hydrogens (tertiary/aromatic N) is 3. The van der Waals surface area contributed by atoms with Crippen LogP contribution in [-0.2, 0) is 30.5 Å². The Morgan fingerprint density at radius 1 is 1.06 bits per heavy atom. The van der Waals surface area contributed by atoms with Gasteiger partial charge >= 0.3 is 12.3 Å². The summed E-state index contributed by atoms with van der Waals surface area (Å²) in [5.41, 5.74) is 0.390. The minimum atomic E-state index is -4.43. The number of amides is 1. The molecule has 2 aromatic heterocycles. The molecule has 0 saturated heterocycles. The maximum absolute atomic E-state index is 13.3. The van der Waals surface area contributed by atoms with Gasteiger partial charge in [0.15, 0.2) is 0 Å². The molecule has 0 bridgehead atoms. The highest BCUT2D eigenvalue weighted by molar-refractivity contribution is 5.82. The van der Waals surface area contributed by atoms with Crippen LogP contribution in [0.2, 0.25) is 0 Å². The second-order valence-corrected chi connectivity index (χ2v) is 8.75. The maximum Gasteiger partial charge on any atom is 0.416 e. The minimum absolute atomic E-state index is 0.0597. The molecular weight excluding hydrogens is 423 g/mol. The van der Waals surface area contributed by atoms with Crippen molar-refractivity contribution in [3.63, 3.8) is 0 Å². The van der Waals surface area contributed by atoms with Gasteiger partial charge in [-0.15, -0.1) is 0 Å². The zero-order chi connectivity index (χ0) is 23.3. The molecule has 0 aliphatic carbocycles. The van der Waals surface area contributed by atoms with E-state index in [4.69, 9.17) is 4.74 Å².